The van der Waals surface area contributed by atoms with Crippen LogP contribution in [0.1, 0.15) is 38.5 Å². The fourth-order valence-electron chi connectivity index (χ4n) is 2.10. The van der Waals surface area contributed by atoms with E-state index in [-0.39, 0.29) is 6.61 Å². The summed E-state index contributed by atoms with van der Waals surface area (Å²) in [5.41, 5.74) is -0.441. The van der Waals surface area contributed by atoms with Crippen LogP contribution in [0.15, 0.2) is 0 Å². The maximum Gasteiger partial charge on any atom is 0.411 e. The summed E-state index contributed by atoms with van der Waals surface area (Å²) in [6.07, 6.45) is 0.830. The molecule has 0 saturated heterocycles. The van der Waals surface area contributed by atoms with Gasteiger partial charge in [0.05, 0.1) is 11.5 Å². The third-order valence-electron chi connectivity index (χ3n) is 3.04. The second-order valence-electron chi connectivity index (χ2n) is 4.37. The third-order valence-corrected chi connectivity index (χ3v) is 3.04. The highest BCUT2D eigenvalue weighted by atomic mass is 19.4. The molecular weight excluding hydrogens is 219 g/mol. The maximum atomic E-state index is 11.8. The standard InChI is InChI=1S/C11H16F3NO/c12-11(13,14)9-16-7-6-10(8-15)4-2-1-3-5-10/h1-7,9H2. The molecule has 0 aromatic rings. The van der Waals surface area contributed by atoms with E-state index in [4.69, 9.17) is 5.26 Å². The molecule has 0 aromatic heterocycles. The quantitative estimate of drug-likeness (QED) is 0.699. The highest BCUT2D eigenvalue weighted by molar-refractivity contribution is 5.00. The number of hydrogen-bond acceptors (Lipinski definition) is 2. The molecule has 0 unspecified atom stereocenters. The zero-order valence-corrected chi connectivity index (χ0v) is 9.15. The van der Waals surface area contributed by atoms with Crippen molar-refractivity contribution in [1.82, 2.24) is 0 Å². The van der Waals surface area contributed by atoms with E-state index >= 15 is 0 Å². The monoisotopic (exact) mass is 235 g/mol. The van der Waals surface area contributed by atoms with E-state index in [1.54, 1.807) is 0 Å². The average molecular weight is 235 g/mol. The van der Waals surface area contributed by atoms with E-state index in [0.717, 1.165) is 32.1 Å². The first-order valence-electron chi connectivity index (χ1n) is 5.53. The summed E-state index contributed by atoms with van der Waals surface area (Å²) in [5, 5.41) is 9.07. The number of halogens is 3. The van der Waals surface area contributed by atoms with Crippen LogP contribution in [0.4, 0.5) is 13.2 Å². The molecule has 16 heavy (non-hydrogen) atoms. The third kappa shape index (κ3) is 4.40. The molecule has 0 heterocycles. The second-order valence-corrected chi connectivity index (χ2v) is 4.37. The Balaban J connectivity index is 2.27. The number of nitrogens with zero attached hydrogens (tertiary/aromatic N) is 1. The van der Waals surface area contributed by atoms with Crippen LogP contribution in [0.3, 0.4) is 0 Å². The van der Waals surface area contributed by atoms with Crippen LogP contribution in [0, 0.1) is 16.7 Å². The smallest absolute Gasteiger partial charge is 0.372 e. The van der Waals surface area contributed by atoms with Crippen LogP contribution in [0.5, 0.6) is 0 Å². The van der Waals surface area contributed by atoms with E-state index < -0.39 is 18.2 Å². The van der Waals surface area contributed by atoms with Gasteiger partial charge in [0.2, 0.25) is 0 Å². The van der Waals surface area contributed by atoms with Crippen molar-refractivity contribution >= 4 is 0 Å². The molecule has 0 aromatic carbocycles. The van der Waals surface area contributed by atoms with Gasteiger partial charge in [-0.2, -0.15) is 18.4 Å². The molecule has 0 aliphatic heterocycles. The van der Waals surface area contributed by atoms with Gasteiger partial charge in [-0.05, 0) is 19.3 Å². The van der Waals surface area contributed by atoms with E-state index in [9.17, 15) is 13.2 Å². The summed E-state index contributed by atoms with van der Waals surface area (Å²) in [6, 6.07) is 2.25. The molecular formula is C11H16F3NO. The Morgan fingerprint density at radius 3 is 2.31 bits per heavy atom. The van der Waals surface area contributed by atoms with Gasteiger partial charge in [-0.3, -0.25) is 0 Å². The van der Waals surface area contributed by atoms with Gasteiger partial charge in [0.15, 0.2) is 0 Å². The summed E-state index contributed by atoms with van der Waals surface area (Å²) in [4.78, 5) is 0. The van der Waals surface area contributed by atoms with Gasteiger partial charge >= 0.3 is 6.18 Å². The van der Waals surface area contributed by atoms with Crippen LogP contribution in [0.2, 0.25) is 0 Å². The Bertz CT molecular complexity index is 251. The summed E-state index contributed by atoms with van der Waals surface area (Å²) in [6.45, 7) is -1.19. The van der Waals surface area contributed by atoms with Crippen LogP contribution in [-0.4, -0.2) is 19.4 Å². The topological polar surface area (TPSA) is 33.0 Å². The minimum absolute atomic E-state index is 0.0209. The van der Waals surface area contributed by atoms with Gasteiger partial charge in [-0.1, -0.05) is 19.3 Å². The van der Waals surface area contributed by atoms with Gasteiger partial charge in [0, 0.05) is 6.61 Å². The number of nitriles is 1. The largest absolute Gasteiger partial charge is 0.411 e. The van der Waals surface area contributed by atoms with Gasteiger partial charge in [-0.25, -0.2) is 0 Å². The summed E-state index contributed by atoms with van der Waals surface area (Å²) in [5.74, 6) is 0. The lowest BCUT2D eigenvalue weighted by Gasteiger charge is -2.30. The van der Waals surface area contributed by atoms with Crippen molar-refractivity contribution in [3.05, 3.63) is 0 Å². The van der Waals surface area contributed by atoms with Gasteiger partial charge in [0.25, 0.3) is 0 Å². The molecule has 92 valence electrons. The minimum Gasteiger partial charge on any atom is -0.372 e. The predicted octanol–water partition coefficient (Wildman–Crippen LogP) is 3.43. The SMILES string of the molecule is N#CC1(CCOCC(F)(F)F)CCCCC1. The molecule has 1 rings (SSSR count). The first kappa shape index (κ1) is 13.3. The van der Waals surface area contributed by atoms with E-state index in [2.05, 4.69) is 10.8 Å². The summed E-state index contributed by atoms with van der Waals surface area (Å²) < 4.78 is 40.0. The fraction of sp³-hybridized carbons (Fsp3) is 0.909. The van der Waals surface area contributed by atoms with Crippen molar-refractivity contribution < 1.29 is 17.9 Å². The Morgan fingerprint density at radius 2 is 1.81 bits per heavy atom. The summed E-state index contributed by atoms with van der Waals surface area (Å²) in [7, 11) is 0. The number of hydrogen-bond donors (Lipinski definition) is 0. The fourth-order valence-corrected chi connectivity index (χ4v) is 2.10. The normalized spacial score (nSPS) is 20.4. The molecule has 0 bridgehead atoms. The molecule has 5 heteroatoms. The van der Waals surface area contributed by atoms with Crippen molar-refractivity contribution in [2.45, 2.75) is 44.7 Å². The van der Waals surface area contributed by atoms with Crippen molar-refractivity contribution in [3.8, 4) is 6.07 Å². The number of alkyl halides is 3. The molecule has 0 radical (unpaired) electrons. The Morgan fingerprint density at radius 1 is 1.19 bits per heavy atom. The average Bonchev–Trinajstić information content (AvgIpc) is 2.25. The van der Waals surface area contributed by atoms with Crippen molar-refractivity contribution in [2.24, 2.45) is 5.41 Å². The Hall–Kier alpha value is -0.760. The molecule has 1 fully saturated rings. The van der Waals surface area contributed by atoms with Crippen molar-refractivity contribution in [2.75, 3.05) is 13.2 Å². The lowest BCUT2D eigenvalue weighted by Crippen LogP contribution is -2.25. The van der Waals surface area contributed by atoms with E-state index in [0.29, 0.717) is 6.42 Å². The molecule has 2 nitrogen and oxygen atoms in total. The highest BCUT2D eigenvalue weighted by Crippen LogP contribution is 2.38. The van der Waals surface area contributed by atoms with Crippen LogP contribution in [-0.2, 0) is 4.74 Å². The van der Waals surface area contributed by atoms with Gasteiger partial charge in [0.1, 0.15) is 6.61 Å². The van der Waals surface area contributed by atoms with Crippen molar-refractivity contribution in [1.29, 1.82) is 5.26 Å². The molecule has 1 aliphatic carbocycles. The lowest BCUT2D eigenvalue weighted by atomic mass is 9.73. The molecule has 0 amide bonds. The first-order chi connectivity index (χ1) is 7.47. The Labute approximate surface area is 93.4 Å². The molecule has 1 aliphatic rings. The maximum absolute atomic E-state index is 11.8. The number of ether oxygens (including phenoxy) is 1. The van der Waals surface area contributed by atoms with Crippen LogP contribution < -0.4 is 0 Å². The lowest BCUT2D eigenvalue weighted by molar-refractivity contribution is -0.175. The predicted molar refractivity (Wildman–Crippen MR) is 52.6 cm³/mol. The molecule has 0 N–H and O–H groups in total. The van der Waals surface area contributed by atoms with Crippen LogP contribution in [0.25, 0.3) is 0 Å². The molecule has 0 spiro atoms. The minimum atomic E-state index is -4.27. The zero-order chi connectivity index (χ0) is 12.1. The Kier molecular flexibility index (Phi) is 4.60. The molecule has 1 saturated carbocycles. The van der Waals surface area contributed by atoms with Gasteiger partial charge < -0.3 is 4.74 Å². The highest BCUT2D eigenvalue weighted by Gasteiger charge is 2.32. The van der Waals surface area contributed by atoms with E-state index in [1.807, 2.05) is 0 Å². The van der Waals surface area contributed by atoms with E-state index in [1.165, 1.54) is 0 Å². The summed E-state index contributed by atoms with van der Waals surface area (Å²) >= 11 is 0. The molecule has 0 atom stereocenters. The van der Waals surface area contributed by atoms with Gasteiger partial charge in [-0.15, -0.1) is 0 Å². The zero-order valence-electron chi connectivity index (χ0n) is 9.15. The van der Waals surface area contributed by atoms with Crippen molar-refractivity contribution in [3.63, 3.8) is 0 Å². The van der Waals surface area contributed by atoms with Crippen LogP contribution >= 0.6 is 0 Å². The number of rotatable bonds is 4. The first-order valence-corrected chi connectivity index (χ1v) is 5.53. The second kappa shape index (κ2) is 5.53.